The summed E-state index contributed by atoms with van der Waals surface area (Å²) in [4.78, 5) is 18.6. The van der Waals surface area contributed by atoms with E-state index in [0.29, 0.717) is 6.61 Å². The minimum Gasteiger partial charge on any atom is -0.450 e. The molecule has 0 aliphatic rings. The number of urea groups is 1. The molecule has 64 valence electrons. The van der Waals surface area contributed by atoms with Gasteiger partial charge in [0.05, 0.1) is 6.61 Å². The Morgan fingerprint density at radius 2 is 1.55 bits per heavy atom. The van der Waals surface area contributed by atoms with E-state index < -0.39 is 12.1 Å². The number of hydrogen-bond donors (Lipinski definition) is 3. The van der Waals surface area contributed by atoms with E-state index in [1.54, 1.807) is 6.92 Å². The zero-order valence-corrected chi connectivity index (χ0v) is 7.16. The van der Waals surface area contributed by atoms with Crippen LogP contribution in [0.2, 0.25) is 0 Å². The largest absolute Gasteiger partial charge is 0.450 e. The number of nitrogens with two attached hydrogens (primary N) is 3. The maximum Gasteiger partial charge on any atom is 0.404 e. The quantitative estimate of drug-likeness (QED) is 0.433. The molecule has 0 rings (SSSR count). The summed E-state index contributed by atoms with van der Waals surface area (Å²) < 4.78 is 4.18. The van der Waals surface area contributed by atoms with Crippen LogP contribution < -0.4 is 17.2 Å². The Morgan fingerprint density at radius 3 is 1.55 bits per heavy atom. The van der Waals surface area contributed by atoms with Crippen LogP contribution in [-0.4, -0.2) is 29.7 Å². The second kappa shape index (κ2) is 11.5. The molecule has 3 amide bonds. The van der Waals surface area contributed by atoms with Crippen molar-refractivity contribution in [2.45, 2.75) is 6.92 Å². The summed E-state index contributed by atoms with van der Waals surface area (Å²) in [5.41, 5.74) is 13.0. The Bertz CT molecular complexity index is 115. The highest BCUT2D eigenvalue weighted by Crippen LogP contribution is 1.66. The smallest absolute Gasteiger partial charge is 0.404 e. The first-order valence-corrected chi connectivity index (χ1v) is 2.47. The highest BCUT2D eigenvalue weighted by atomic mass is 28.1. The molecule has 6 nitrogen and oxygen atoms in total. The minimum atomic E-state index is -0.833. The van der Waals surface area contributed by atoms with E-state index in [-0.39, 0.29) is 11.0 Å². The molecule has 0 aromatic heterocycles. The molecule has 7 heteroatoms. The third kappa shape index (κ3) is 130. The Morgan fingerprint density at radius 1 is 1.27 bits per heavy atom. The molecule has 0 spiro atoms. The van der Waals surface area contributed by atoms with Gasteiger partial charge >= 0.3 is 12.1 Å². The SMILES string of the molecule is CCOC(N)=O.NC(N)=O.[Si]. The number of amides is 3. The molecule has 0 saturated heterocycles. The van der Waals surface area contributed by atoms with Crippen molar-refractivity contribution >= 4 is 23.1 Å². The molecule has 0 bridgehead atoms. The molecule has 0 saturated carbocycles. The molecule has 0 heterocycles. The van der Waals surface area contributed by atoms with Crippen molar-refractivity contribution in [2.24, 2.45) is 17.2 Å². The van der Waals surface area contributed by atoms with E-state index in [2.05, 4.69) is 21.9 Å². The lowest BCUT2D eigenvalue weighted by atomic mass is 10.9. The first-order chi connectivity index (χ1) is 4.50. The number of ether oxygens (including phenoxy) is 1. The average molecular weight is 177 g/mol. The normalized spacial score (nSPS) is 6.27. The van der Waals surface area contributed by atoms with E-state index in [1.807, 2.05) is 0 Å². The topological polar surface area (TPSA) is 121 Å². The number of rotatable bonds is 1. The summed E-state index contributed by atoms with van der Waals surface area (Å²) in [6.45, 7) is 2.06. The van der Waals surface area contributed by atoms with Gasteiger partial charge in [-0.3, -0.25) is 0 Å². The van der Waals surface area contributed by atoms with Crippen LogP contribution in [0.5, 0.6) is 0 Å². The molecule has 0 aliphatic heterocycles. The maximum atomic E-state index is 9.60. The number of carbonyl (C=O) groups is 2. The second-order valence-corrected chi connectivity index (χ2v) is 1.15. The zero-order valence-electron chi connectivity index (χ0n) is 6.16. The van der Waals surface area contributed by atoms with Crippen molar-refractivity contribution in [3.8, 4) is 0 Å². The Balaban J connectivity index is -0.000000114. The van der Waals surface area contributed by atoms with Crippen LogP contribution in [0.4, 0.5) is 9.59 Å². The van der Waals surface area contributed by atoms with Gasteiger partial charge in [0.1, 0.15) is 0 Å². The molecule has 0 fully saturated rings. The average Bonchev–Trinajstić information content (AvgIpc) is 1.62. The van der Waals surface area contributed by atoms with Crippen molar-refractivity contribution in [3.05, 3.63) is 0 Å². The highest BCUT2D eigenvalue weighted by Gasteiger charge is 1.82. The summed E-state index contributed by atoms with van der Waals surface area (Å²) in [6, 6.07) is -0.833. The Kier molecular flexibility index (Phi) is 17.2. The standard InChI is InChI=1S/C3H7NO2.CH4N2O.Si/c1-2-6-3(4)5;2-1(3)4;/h2H2,1H3,(H2,4,5);(H4,2,3,4);. The first-order valence-electron chi connectivity index (χ1n) is 2.47. The Labute approximate surface area is 69.1 Å². The van der Waals surface area contributed by atoms with E-state index in [9.17, 15) is 4.79 Å². The predicted octanol–water partition coefficient (Wildman–Crippen LogP) is -1.26. The highest BCUT2D eigenvalue weighted by molar-refractivity contribution is 5.75. The summed E-state index contributed by atoms with van der Waals surface area (Å²) in [5.74, 6) is 0. The van der Waals surface area contributed by atoms with Gasteiger partial charge in [-0.05, 0) is 6.92 Å². The van der Waals surface area contributed by atoms with Crippen molar-refractivity contribution < 1.29 is 14.3 Å². The van der Waals surface area contributed by atoms with E-state index in [1.165, 1.54) is 0 Å². The molecule has 4 radical (unpaired) electrons. The van der Waals surface area contributed by atoms with Crippen molar-refractivity contribution in [1.82, 2.24) is 0 Å². The van der Waals surface area contributed by atoms with Gasteiger partial charge in [0.2, 0.25) is 0 Å². The van der Waals surface area contributed by atoms with Gasteiger partial charge in [-0.15, -0.1) is 0 Å². The number of primary amides is 3. The lowest BCUT2D eigenvalue weighted by Gasteiger charge is -1.89. The molecule has 6 N–H and O–H groups in total. The molecule has 0 aliphatic carbocycles. The molecular formula is C4H11N3O3Si. The van der Waals surface area contributed by atoms with Gasteiger partial charge in [-0.1, -0.05) is 0 Å². The van der Waals surface area contributed by atoms with Crippen LogP contribution in [0.1, 0.15) is 6.92 Å². The molecule has 0 aromatic rings. The van der Waals surface area contributed by atoms with Crippen LogP contribution in [0.15, 0.2) is 0 Å². The lowest BCUT2D eigenvalue weighted by Crippen LogP contribution is -2.18. The van der Waals surface area contributed by atoms with Crippen LogP contribution >= 0.6 is 0 Å². The van der Waals surface area contributed by atoms with Crippen LogP contribution in [0, 0.1) is 0 Å². The fraction of sp³-hybridized carbons (Fsp3) is 0.500. The van der Waals surface area contributed by atoms with Gasteiger partial charge in [0, 0.05) is 11.0 Å². The summed E-state index contributed by atoms with van der Waals surface area (Å²) in [5, 5.41) is 0. The molecular weight excluding hydrogens is 166 g/mol. The van der Waals surface area contributed by atoms with Gasteiger partial charge < -0.3 is 21.9 Å². The van der Waals surface area contributed by atoms with Gasteiger partial charge in [0.25, 0.3) is 0 Å². The van der Waals surface area contributed by atoms with Gasteiger partial charge in [0.15, 0.2) is 0 Å². The number of carbonyl (C=O) groups excluding carboxylic acids is 2. The Hall–Kier alpha value is -1.24. The monoisotopic (exact) mass is 177 g/mol. The van der Waals surface area contributed by atoms with Crippen molar-refractivity contribution in [3.63, 3.8) is 0 Å². The van der Waals surface area contributed by atoms with E-state index in [0.717, 1.165) is 0 Å². The summed E-state index contributed by atoms with van der Waals surface area (Å²) in [7, 11) is 0. The summed E-state index contributed by atoms with van der Waals surface area (Å²) >= 11 is 0. The van der Waals surface area contributed by atoms with Gasteiger partial charge in [-0.2, -0.15) is 0 Å². The molecule has 0 atom stereocenters. The maximum absolute atomic E-state index is 9.60. The molecule has 0 unspecified atom stereocenters. The summed E-state index contributed by atoms with van der Waals surface area (Å²) in [6.07, 6.45) is -0.711. The first kappa shape index (κ1) is 16.4. The molecule has 0 aromatic carbocycles. The number of hydrogen-bond acceptors (Lipinski definition) is 3. The lowest BCUT2D eigenvalue weighted by molar-refractivity contribution is 0.163. The van der Waals surface area contributed by atoms with Crippen LogP contribution in [0.25, 0.3) is 0 Å². The van der Waals surface area contributed by atoms with Crippen molar-refractivity contribution in [2.75, 3.05) is 6.61 Å². The zero-order chi connectivity index (χ0) is 8.57. The predicted molar refractivity (Wildman–Crippen MR) is 40.7 cm³/mol. The van der Waals surface area contributed by atoms with Crippen molar-refractivity contribution in [1.29, 1.82) is 0 Å². The third-order valence-electron chi connectivity index (χ3n) is 0.287. The fourth-order valence-corrected chi connectivity index (χ4v) is 0.142. The van der Waals surface area contributed by atoms with Crippen LogP contribution in [0.3, 0.4) is 0 Å². The van der Waals surface area contributed by atoms with E-state index >= 15 is 0 Å². The van der Waals surface area contributed by atoms with Crippen LogP contribution in [-0.2, 0) is 4.74 Å². The molecule has 11 heavy (non-hydrogen) atoms. The van der Waals surface area contributed by atoms with Gasteiger partial charge in [-0.25, -0.2) is 9.59 Å². The minimum absolute atomic E-state index is 0. The second-order valence-electron chi connectivity index (χ2n) is 1.15. The van der Waals surface area contributed by atoms with E-state index in [4.69, 9.17) is 4.79 Å². The third-order valence-corrected chi connectivity index (χ3v) is 0.287. The fourth-order valence-electron chi connectivity index (χ4n) is 0.142.